The number of methoxy groups -OCH3 is 1. The van der Waals surface area contributed by atoms with E-state index in [9.17, 15) is 17.6 Å². The van der Waals surface area contributed by atoms with E-state index in [1.807, 2.05) is 0 Å². The van der Waals surface area contributed by atoms with Gasteiger partial charge in [-0.15, -0.1) is 0 Å². The molecular formula is C14H18F4N2O. The van der Waals surface area contributed by atoms with Gasteiger partial charge < -0.3 is 10.1 Å². The molecule has 7 heteroatoms. The van der Waals surface area contributed by atoms with E-state index in [0.29, 0.717) is 26.2 Å². The molecule has 0 saturated carbocycles. The van der Waals surface area contributed by atoms with Gasteiger partial charge in [0.05, 0.1) is 7.11 Å². The predicted octanol–water partition coefficient (Wildman–Crippen LogP) is 2.57. The van der Waals surface area contributed by atoms with Gasteiger partial charge in [-0.2, -0.15) is 0 Å². The lowest BCUT2D eigenvalue weighted by molar-refractivity contribution is 0.0707. The standard InChI is InChI=1S/C14H18F4N2O/c1-21-11-3-2-9(15)13(14(11)18)10(8-12(16)17)20-6-4-19-5-7-20/h2-3,10,12,19H,4-8H2,1H3/t10-/m1/s1. The summed E-state index contributed by atoms with van der Waals surface area (Å²) in [6, 6.07) is 1.21. The SMILES string of the molecule is COc1ccc(F)c([C@@H](CC(F)F)N2CCNCC2)c1F. The van der Waals surface area contributed by atoms with Crippen molar-refractivity contribution >= 4 is 0 Å². The third-order valence-corrected chi connectivity index (χ3v) is 3.64. The minimum atomic E-state index is -2.64. The summed E-state index contributed by atoms with van der Waals surface area (Å²) in [6.45, 7) is 2.14. The lowest BCUT2D eigenvalue weighted by Gasteiger charge is -2.35. The van der Waals surface area contributed by atoms with Crippen molar-refractivity contribution < 1.29 is 22.3 Å². The number of alkyl halides is 2. The smallest absolute Gasteiger partial charge is 0.240 e. The van der Waals surface area contributed by atoms with Crippen LogP contribution in [0, 0.1) is 11.6 Å². The molecule has 1 N–H and O–H groups in total. The van der Waals surface area contributed by atoms with Crippen LogP contribution in [-0.4, -0.2) is 44.6 Å². The number of nitrogens with one attached hydrogen (secondary N) is 1. The first-order valence-corrected chi connectivity index (χ1v) is 6.79. The van der Waals surface area contributed by atoms with Crippen LogP contribution in [0.15, 0.2) is 12.1 Å². The molecule has 1 fully saturated rings. The first kappa shape index (κ1) is 16.0. The van der Waals surface area contributed by atoms with Crippen molar-refractivity contribution in [3.63, 3.8) is 0 Å². The molecule has 0 spiro atoms. The van der Waals surface area contributed by atoms with Gasteiger partial charge in [-0.3, -0.25) is 4.90 Å². The second kappa shape index (κ2) is 7.09. The van der Waals surface area contributed by atoms with Gasteiger partial charge in [-0.1, -0.05) is 0 Å². The molecule has 0 aromatic heterocycles. The summed E-state index contributed by atoms with van der Waals surface area (Å²) in [5, 5.41) is 3.08. The van der Waals surface area contributed by atoms with Crippen LogP contribution in [0.25, 0.3) is 0 Å². The topological polar surface area (TPSA) is 24.5 Å². The molecule has 0 bridgehead atoms. The van der Waals surface area contributed by atoms with Crippen LogP contribution in [0.3, 0.4) is 0 Å². The van der Waals surface area contributed by atoms with E-state index in [1.54, 1.807) is 4.90 Å². The number of benzene rings is 1. The van der Waals surface area contributed by atoms with Crippen molar-refractivity contribution in [3.8, 4) is 5.75 Å². The molecule has 3 nitrogen and oxygen atoms in total. The Morgan fingerprint density at radius 2 is 1.90 bits per heavy atom. The Bertz CT molecular complexity index is 478. The monoisotopic (exact) mass is 306 g/mol. The van der Waals surface area contributed by atoms with Crippen LogP contribution >= 0.6 is 0 Å². The zero-order valence-electron chi connectivity index (χ0n) is 11.7. The molecule has 0 amide bonds. The molecule has 1 heterocycles. The first-order chi connectivity index (χ1) is 10.0. The Hall–Kier alpha value is -1.34. The maximum atomic E-state index is 14.3. The molecule has 0 unspecified atom stereocenters. The Labute approximate surface area is 120 Å². The molecule has 2 rings (SSSR count). The maximum absolute atomic E-state index is 14.3. The van der Waals surface area contributed by atoms with Crippen LogP contribution in [0.1, 0.15) is 18.0 Å². The molecule has 1 atom stereocenters. The fraction of sp³-hybridized carbons (Fsp3) is 0.571. The molecule has 1 aromatic carbocycles. The normalized spacial score (nSPS) is 18.0. The van der Waals surface area contributed by atoms with Gasteiger partial charge in [0.1, 0.15) is 5.82 Å². The summed E-state index contributed by atoms with van der Waals surface area (Å²) in [4.78, 5) is 1.68. The van der Waals surface area contributed by atoms with Crippen LogP contribution in [-0.2, 0) is 0 Å². The second-order valence-corrected chi connectivity index (χ2v) is 4.91. The number of ether oxygens (including phenoxy) is 1. The van der Waals surface area contributed by atoms with Crippen LogP contribution in [0.5, 0.6) is 5.75 Å². The number of nitrogens with zero attached hydrogens (tertiary/aromatic N) is 1. The Morgan fingerprint density at radius 1 is 1.24 bits per heavy atom. The van der Waals surface area contributed by atoms with E-state index in [-0.39, 0.29) is 11.3 Å². The average molecular weight is 306 g/mol. The molecule has 0 radical (unpaired) electrons. The quantitative estimate of drug-likeness (QED) is 0.846. The highest BCUT2D eigenvalue weighted by Gasteiger charge is 2.31. The van der Waals surface area contributed by atoms with E-state index in [0.717, 1.165) is 12.1 Å². The largest absolute Gasteiger partial charge is 0.494 e. The number of halogens is 4. The number of hydrogen-bond acceptors (Lipinski definition) is 3. The minimum absolute atomic E-state index is 0.138. The van der Waals surface area contributed by atoms with Crippen molar-refractivity contribution in [2.45, 2.75) is 18.9 Å². The molecule has 118 valence electrons. The molecule has 1 aliphatic heterocycles. The summed E-state index contributed by atoms with van der Waals surface area (Å²) >= 11 is 0. The van der Waals surface area contributed by atoms with Crippen LogP contribution < -0.4 is 10.1 Å². The zero-order chi connectivity index (χ0) is 15.4. The Morgan fingerprint density at radius 3 is 2.48 bits per heavy atom. The molecular weight excluding hydrogens is 288 g/mol. The Balaban J connectivity index is 2.39. The minimum Gasteiger partial charge on any atom is -0.494 e. The van der Waals surface area contributed by atoms with Gasteiger partial charge in [-0.25, -0.2) is 17.6 Å². The zero-order valence-corrected chi connectivity index (χ0v) is 11.7. The summed E-state index contributed by atoms with van der Waals surface area (Å²) in [5.41, 5.74) is -0.337. The van der Waals surface area contributed by atoms with Crippen molar-refractivity contribution in [2.24, 2.45) is 0 Å². The van der Waals surface area contributed by atoms with Gasteiger partial charge in [0.2, 0.25) is 6.43 Å². The van der Waals surface area contributed by atoms with E-state index >= 15 is 0 Å². The predicted molar refractivity (Wildman–Crippen MR) is 70.7 cm³/mol. The van der Waals surface area contributed by atoms with Gasteiger partial charge in [0.25, 0.3) is 0 Å². The van der Waals surface area contributed by atoms with Crippen molar-refractivity contribution in [1.29, 1.82) is 0 Å². The molecule has 1 aromatic rings. The highest BCUT2D eigenvalue weighted by Crippen LogP contribution is 2.34. The molecule has 1 saturated heterocycles. The molecule has 0 aliphatic carbocycles. The van der Waals surface area contributed by atoms with E-state index in [4.69, 9.17) is 4.74 Å². The van der Waals surface area contributed by atoms with Crippen molar-refractivity contribution in [3.05, 3.63) is 29.3 Å². The van der Waals surface area contributed by atoms with Gasteiger partial charge in [0.15, 0.2) is 11.6 Å². The molecule has 1 aliphatic rings. The third kappa shape index (κ3) is 3.65. The van der Waals surface area contributed by atoms with E-state index in [1.165, 1.54) is 7.11 Å². The third-order valence-electron chi connectivity index (χ3n) is 3.64. The van der Waals surface area contributed by atoms with Crippen molar-refractivity contribution in [2.75, 3.05) is 33.3 Å². The summed E-state index contributed by atoms with van der Waals surface area (Å²) in [7, 11) is 1.26. The van der Waals surface area contributed by atoms with Gasteiger partial charge in [0, 0.05) is 44.2 Å². The second-order valence-electron chi connectivity index (χ2n) is 4.91. The highest BCUT2D eigenvalue weighted by atomic mass is 19.3. The summed E-state index contributed by atoms with van der Waals surface area (Å²) in [5.74, 6) is -1.86. The van der Waals surface area contributed by atoms with Crippen LogP contribution in [0.4, 0.5) is 17.6 Å². The lowest BCUT2D eigenvalue weighted by Crippen LogP contribution is -2.46. The summed E-state index contributed by atoms with van der Waals surface area (Å²) < 4.78 is 58.9. The van der Waals surface area contributed by atoms with Crippen LogP contribution in [0.2, 0.25) is 0 Å². The maximum Gasteiger partial charge on any atom is 0.240 e. The van der Waals surface area contributed by atoms with Crippen molar-refractivity contribution in [1.82, 2.24) is 10.2 Å². The van der Waals surface area contributed by atoms with E-state index in [2.05, 4.69) is 5.32 Å². The fourth-order valence-electron chi connectivity index (χ4n) is 2.62. The summed E-state index contributed by atoms with van der Waals surface area (Å²) in [6.07, 6.45) is -3.25. The average Bonchev–Trinajstić information content (AvgIpc) is 2.47. The fourth-order valence-corrected chi connectivity index (χ4v) is 2.62. The number of hydrogen-bond donors (Lipinski definition) is 1. The van der Waals surface area contributed by atoms with E-state index < -0.39 is 30.5 Å². The highest BCUT2D eigenvalue weighted by molar-refractivity contribution is 5.34. The van der Waals surface area contributed by atoms with Gasteiger partial charge >= 0.3 is 0 Å². The Kier molecular flexibility index (Phi) is 5.41. The first-order valence-electron chi connectivity index (χ1n) is 6.79. The number of piperazine rings is 1. The van der Waals surface area contributed by atoms with Gasteiger partial charge in [-0.05, 0) is 12.1 Å². The lowest BCUT2D eigenvalue weighted by atomic mass is 9.99. The number of rotatable bonds is 5. The molecule has 21 heavy (non-hydrogen) atoms.